The first kappa shape index (κ1) is 18.6. The van der Waals surface area contributed by atoms with Crippen LogP contribution in [0.15, 0.2) is 55.1 Å². The van der Waals surface area contributed by atoms with Gasteiger partial charge in [-0.1, -0.05) is 37.8 Å². The van der Waals surface area contributed by atoms with Crippen LogP contribution < -0.4 is 14.8 Å². The zero-order chi connectivity index (χ0) is 18.2. The van der Waals surface area contributed by atoms with E-state index in [-0.39, 0.29) is 5.91 Å². The lowest BCUT2D eigenvalue weighted by Crippen LogP contribution is -2.32. The molecule has 0 bridgehead atoms. The molecule has 1 amide bonds. The highest BCUT2D eigenvalue weighted by atomic mass is 16.5. The molecule has 1 atom stereocenters. The third kappa shape index (κ3) is 5.11. The topological polar surface area (TPSA) is 47.6 Å². The second-order valence-electron chi connectivity index (χ2n) is 5.83. The Morgan fingerprint density at radius 3 is 2.72 bits per heavy atom. The number of benzene rings is 2. The number of carbonyl (C=O) groups is 1. The molecule has 2 rings (SSSR count). The Labute approximate surface area is 149 Å². The maximum absolute atomic E-state index is 12.6. The minimum Gasteiger partial charge on any atom is -0.489 e. The van der Waals surface area contributed by atoms with E-state index in [2.05, 4.69) is 11.9 Å². The van der Waals surface area contributed by atoms with Crippen LogP contribution >= 0.6 is 0 Å². The van der Waals surface area contributed by atoms with E-state index >= 15 is 0 Å². The maximum Gasteiger partial charge on any atom is 0.265 e. The Bertz CT molecular complexity index is 740. The average Bonchev–Trinajstić information content (AvgIpc) is 2.61. The lowest BCUT2D eigenvalue weighted by molar-refractivity contribution is -0.122. The summed E-state index contributed by atoms with van der Waals surface area (Å²) in [5.74, 6) is 1.25. The second kappa shape index (κ2) is 8.92. The third-order valence-corrected chi connectivity index (χ3v) is 3.96. The van der Waals surface area contributed by atoms with E-state index < -0.39 is 6.10 Å². The van der Waals surface area contributed by atoms with Crippen molar-refractivity contribution in [2.75, 3.05) is 11.9 Å². The smallest absolute Gasteiger partial charge is 0.265 e. The zero-order valence-corrected chi connectivity index (χ0v) is 15.0. The summed E-state index contributed by atoms with van der Waals surface area (Å²) in [5, 5.41) is 2.89. The normalized spacial score (nSPS) is 11.5. The van der Waals surface area contributed by atoms with Crippen LogP contribution in [-0.4, -0.2) is 18.6 Å². The van der Waals surface area contributed by atoms with Gasteiger partial charge < -0.3 is 14.8 Å². The first-order chi connectivity index (χ1) is 12.0. The number of aryl methyl sites for hydroxylation is 1. The minimum atomic E-state index is -0.557. The number of anilines is 1. The Kier molecular flexibility index (Phi) is 6.63. The van der Waals surface area contributed by atoms with E-state index in [1.807, 2.05) is 57.2 Å². The summed E-state index contributed by atoms with van der Waals surface area (Å²) in [6.45, 7) is 10.00. The molecular formula is C21H25NO3. The SMILES string of the molecule is C=CCOc1cccc(NC(=O)[C@@H](CC)Oc2cccc(C)c2C)c1. The molecule has 132 valence electrons. The van der Waals surface area contributed by atoms with Gasteiger partial charge >= 0.3 is 0 Å². The molecule has 0 heterocycles. The zero-order valence-electron chi connectivity index (χ0n) is 15.0. The number of rotatable bonds is 8. The first-order valence-corrected chi connectivity index (χ1v) is 8.42. The van der Waals surface area contributed by atoms with Gasteiger partial charge in [0.2, 0.25) is 0 Å². The van der Waals surface area contributed by atoms with Crippen molar-refractivity contribution in [1.29, 1.82) is 0 Å². The molecule has 0 saturated carbocycles. The highest BCUT2D eigenvalue weighted by Gasteiger charge is 2.19. The largest absolute Gasteiger partial charge is 0.489 e. The van der Waals surface area contributed by atoms with Crippen molar-refractivity contribution in [2.24, 2.45) is 0 Å². The summed E-state index contributed by atoms with van der Waals surface area (Å²) in [6.07, 6.45) is 1.70. The molecule has 25 heavy (non-hydrogen) atoms. The van der Waals surface area contributed by atoms with Gasteiger partial charge in [-0.25, -0.2) is 0 Å². The van der Waals surface area contributed by atoms with Gasteiger partial charge in [-0.15, -0.1) is 0 Å². The van der Waals surface area contributed by atoms with Crippen LogP contribution in [0.2, 0.25) is 0 Å². The Hall–Kier alpha value is -2.75. The summed E-state index contributed by atoms with van der Waals surface area (Å²) in [4.78, 5) is 12.6. The minimum absolute atomic E-state index is 0.177. The standard InChI is InChI=1S/C21H25NO3/c1-5-13-24-18-11-8-10-17(14-18)22-21(23)19(6-2)25-20-12-7-9-15(3)16(20)4/h5,7-12,14,19H,1,6,13H2,2-4H3,(H,22,23)/t19-/m1/s1. The number of carbonyl (C=O) groups excluding carboxylic acids is 1. The first-order valence-electron chi connectivity index (χ1n) is 8.42. The molecule has 1 N–H and O–H groups in total. The fourth-order valence-corrected chi connectivity index (χ4v) is 2.37. The molecule has 0 aliphatic heterocycles. The van der Waals surface area contributed by atoms with Crippen LogP contribution in [0.5, 0.6) is 11.5 Å². The molecule has 4 heteroatoms. The molecule has 0 unspecified atom stereocenters. The number of ether oxygens (including phenoxy) is 2. The third-order valence-electron chi connectivity index (χ3n) is 3.96. The van der Waals surface area contributed by atoms with Crippen molar-refractivity contribution >= 4 is 11.6 Å². The van der Waals surface area contributed by atoms with Crippen molar-refractivity contribution in [3.05, 3.63) is 66.2 Å². The molecular weight excluding hydrogens is 314 g/mol. The fourth-order valence-electron chi connectivity index (χ4n) is 2.37. The Morgan fingerprint density at radius 2 is 2.00 bits per heavy atom. The highest BCUT2D eigenvalue weighted by Crippen LogP contribution is 2.23. The predicted octanol–water partition coefficient (Wildman–Crippen LogP) is 4.66. The van der Waals surface area contributed by atoms with Gasteiger partial charge in [0, 0.05) is 11.8 Å². The van der Waals surface area contributed by atoms with Gasteiger partial charge in [-0.3, -0.25) is 4.79 Å². The lowest BCUT2D eigenvalue weighted by atomic mass is 10.1. The van der Waals surface area contributed by atoms with Crippen molar-refractivity contribution in [3.8, 4) is 11.5 Å². The van der Waals surface area contributed by atoms with Gasteiger partial charge in [0.15, 0.2) is 6.10 Å². The summed E-state index contributed by atoms with van der Waals surface area (Å²) >= 11 is 0. The van der Waals surface area contributed by atoms with E-state index in [1.165, 1.54) is 0 Å². The van der Waals surface area contributed by atoms with Crippen molar-refractivity contribution < 1.29 is 14.3 Å². The van der Waals surface area contributed by atoms with Gasteiger partial charge in [-0.2, -0.15) is 0 Å². The number of nitrogens with one attached hydrogen (secondary N) is 1. The molecule has 0 fully saturated rings. The van der Waals surface area contributed by atoms with Crippen molar-refractivity contribution in [1.82, 2.24) is 0 Å². The van der Waals surface area contributed by atoms with Crippen LogP contribution in [0.25, 0.3) is 0 Å². The number of amides is 1. The molecule has 0 aromatic heterocycles. The van der Waals surface area contributed by atoms with E-state index in [1.54, 1.807) is 12.1 Å². The van der Waals surface area contributed by atoms with Crippen LogP contribution in [0.4, 0.5) is 5.69 Å². The van der Waals surface area contributed by atoms with E-state index in [0.29, 0.717) is 24.5 Å². The summed E-state index contributed by atoms with van der Waals surface area (Å²) in [5.41, 5.74) is 2.86. The quantitative estimate of drug-likeness (QED) is 0.711. The van der Waals surface area contributed by atoms with Crippen LogP contribution in [0.3, 0.4) is 0 Å². The average molecular weight is 339 g/mol. The van der Waals surface area contributed by atoms with E-state index in [4.69, 9.17) is 9.47 Å². The monoisotopic (exact) mass is 339 g/mol. The summed E-state index contributed by atoms with van der Waals surface area (Å²) < 4.78 is 11.4. The van der Waals surface area contributed by atoms with Crippen molar-refractivity contribution in [2.45, 2.75) is 33.3 Å². The molecule has 4 nitrogen and oxygen atoms in total. The Morgan fingerprint density at radius 1 is 1.24 bits per heavy atom. The van der Waals surface area contributed by atoms with E-state index in [0.717, 1.165) is 16.9 Å². The molecule has 2 aromatic rings. The van der Waals surface area contributed by atoms with Gasteiger partial charge in [0.1, 0.15) is 18.1 Å². The molecule has 2 aromatic carbocycles. The fraction of sp³-hybridized carbons (Fsp3) is 0.286. The van der Waals surface area contributed by atoms with Crippen molar-refractivity contribution in [3.63, 3.8) is 0 Å². The molecule has 0 radical (unpaired) electrons. The molecule has 0 spiro atoms. The molecule has 0 aliphatic rings. The van der Waals surface area contributed by atoms with Gasteiger partial charge in [0.25, 0.3) is 5.91 Å². The Balaban J connectivity index is 2.07. The van der Waals surface area contributed by atoms with Crippen LogP contribution in [-0.2, 0) is 4.79 Å². The van der Waals surface area contributed by atoms with Gasteiger partial charge in [0.05, 0.1) is 0 Å². The van der Waals surface area contributed by atoms with Gasteiger partial charge in [-0.05, 0) is 49.6 Å². The lowest BCUT2D eigenvalue weighted by Gasteiger charge is -2.19. The number of hydrogen-bond acceptors (Lipinski definition) is 3. The molecule has 0 saturated heterocycles. The van der Waals surface area contributed by atoms with Crippen LogP contribution in [0, 0.1) is 13.8 Å². The second-order valence-corrected chi connectivity index (χ2v) is 5.83. The van der Waals surface area contributed by atoms with Crippen LogP contribution in [0.1, 0.15) is 24.5 Å². The maximum atomic E-state index is 12.6. The number of hydrogen-bond donors (Lipinski definition) is 1. The molecule has 0 aliphatic carbocycles. The highest BCUT2D eigenvalue weighted by molar-refractivity contribution is 5.94. The summed E-state index contributed by atoms with van der Waals surface area (Å²) in [7, 11) is 0. The summed E-state index contributed by atoms with van der Waals surface area (Å²) in [6, 6.07) is 13.1. The predicted molar refractivity (Wildman–Crippen MR) is 101 cm³/mol. The van der Waals surface area contributed by atoms with E-state index in [9.17, 15) is 4.79 Å².